The van der Waals surface area contributed by atoms with Crippen molar-refractivity contribution in [2.45, 2.75) is 26.3 Å². The number of rotatable bonds is 9. The molecular formula is C23H25F2N5O3. The van der Waals surface area contributed by atoms with Crippen molar-refractivity contribution in [2.75, 3.05) is 11.9 Å². The van der Waals surface area contributed by atoms with E-state index in [1.807, 2.05) is 0 Å². The standard InChI is InChI=1S/C23H25F2N5O3/c1-13(23(32)33)14(2)28-22(31)18-10-19(25)20(16-11-27-30(3)12-16)29-21(18)26-8-7-15-5-4-6-17(24)9-15/h4-6,9-14H,7-8H2,1-3H3,(H,26,29)(H,28,31)(H,32,33)/t13-,14?/m0/s1. The summed E-state index contributed by atoms with van der Waals surface area (Å²) in [6.45, 7) is 3.33. The van der Waals surface area contributed by atoms with E-state index in [0.29, 0.717) is 18.5 Å². The number of carbonyl (C=O) groups is 2. The van der Waals surface area contributed by atoms with Crippen LogP contribution in [0.3, 0.4) is 0 Å². The van der Waals surface area contributed by atoms with Crippen molar-refractivity contribution in [1.82, 2.24) is 20.1 Å². The Morgan fingerprint density at radius 3 is 2.61 bits per heavy atom. The van der Waals surface area contributed by atoms with Gasteiger partial charge in [-0.2, -0.15) is 5.10 Å². The van der Waals surface area contributed by atoms with E-state index in [0.717, 1.165) is 11.6 Å². The molecular weight excluding hydrogens is 432 g/mol. The molecule has 3 aromatic rings. The molecule has 2 heterocycles. The van der Waals surface area contributed by atoms with Gasteiger partial charge in [-0.3, -0.25) is 14.3 Å². The van der Waals surface area contributed by atoms with Crippen molar-refractivity contribution >= 4 is 17.7 Å². The van der Waals surface area contributed by atoms with Crippen molar-refractivity contribution < 1.29 is 23.5 Å². The van der Waals surface area contributed by atoms with E-state index in [9.17, 15) is 23.5 Å². The molecule has 0 radical (unpaired) electrons. The van der Waals surface area contributed by atoms with Gasteiger partial charge in [-0.05, 0) is 44.0 Å². The molecule has 0 saturated carbocycles. The van der Waals surface area contributed by atoms with Crippen LogP contribution in [0.15, 0.2) is 42.7 Å². The molecule has 1 aromatic carbocycles. The van der Waals surface area contributed by atoms with Gasteiger partial charge in [0.15, 0.2) is 5.82 Å². The Kier molecular flexibility index (Phi) is 7.37. The highest BCUT2D eigenvalue weighted by Crippen LogP contribution is 2.25. The van der Waals surface area contributed by atoms with Crippen molar-refractivity contribution in [3.05, 3.63) is 65.5 Å². The highest BCUT2D eigenvalue weighted by molar-refractivity contribution is 5.99. The number of benzene rings is 1. The first kappa shape index (κ1) is 23.8. The number of carbonyl (C=O) groups excluding carboxylic acids is 1. The summed E-state index contributed by atoms with van der Waals surface area (Å²) in [6, 6.07) is 6.49. The number of pyridine rings is 1. The second kappa shape index (κ2) is 10.2. The first-order valence-corrected chi connectivity index (χ1v) is 10.4. The molecule has 8 nitrogen and oxygen atoms in total. The summed E-state index contributed by atoms with van der Waals surface area (Å²) in [5.74, 6) is -3.51. The summed E-state index contributed by atoms with van der Waals surface area (Å²) in [5, 5.41) is 18.8. The quantitative estimate of drug-likeness (QED) is 0.455. The van der Waals surface area contributed by atoms with Gasteiger partial charge in [0.1, 0.15) is 17.3 Å². The maximum atomic E-state index is 14.9. The number of carboxylic acids is 1. The number of hydrogen-bond acceptors (Lipinski definition) is 5. The number of hydrogen-bond donors (Lipinski definition) is 3. The summed E-state index contributed by atoms with van der Waals surface area (Å²) in [6.07, 6.45) is 3.49. The van der Waals surface area contributed by atoms with Gasteiger partial charge in [-0.1, -0.05) is 12.1 Å². The van der Waals surface area contributed by atoms with Gasteiger partial charge in [0.05, 0.1) is 17.7 Å². The summed E-state index contributed by atoms with van der Waals surface area (Å²) < 4.78 is 29.8. The molecule has 0 bridgehead atoms. The predicted molar refractivity (Wildman–Crippen MR) is 119 cm³/mol. The third-order valence-corrected chi connectivity index (χ3v) is 5.29. The minimum Gasteiger partial charge on any atom is -0.481 e. The van der Waals surface area contributed by atoms with Crippen molar-refractivity contribution in [3.63, 3.8) is 0 Å². The topological polar surface area (TPSA) is 109 Å². The molecule has 0 aliphatic rings. The molecule has 33 heavy (non-hydrogen) atoms. The van der Waals surface area contributed by atoms with Crippen LogP contribution in [-0.4, -0.2) is 44.3 Å². The van der Waals surface area contributed by atoms with Gasteiger partial charge in [0, 0.05) is 31.4 Å². The van der Waals surface area contributed by atoms with Gasteiger partial charge in [-0.15, -0.1) is 0 Å². The van der Waals surface area contributed by atoms with Gasteiger partial charge in [0.25, 0.3) is 5.91 Å². The molecule has 1 unspecified atom stereocenters. The van der Waals surface area contributed by atoms with Crippen LogP contribution in [0.2, 0.25) is 0 Å². The number of halogens is 2. The van der Waals surface area contributed by atoms with E-state index in [1.54, 1.807) is 32.3 Å². The van der Waals surface area contributed by atoms with Crippen molar-refractivity contribution in [2.24, 2.45) is 13.0 Å². The average molecular weight is 457 g/mol. The number of nitrogens with one attached hydrogen (secondary N) is 2. The van der Waals surface area contributed by atoms with E-state index < -0.39 is 29.7 Å². The number of anilines is 1. The largest absolute Gasteiger partial charge is 0.481 e. The van der Waals surface area contributed by atoms with E-state index in [1.165, 1.54) is 29.9 Å². The molecule has 0 spiro atoms. The minimum absolute atomic E-state index is 0.0138. The Morgan fingerprint density at radius 2 is 1.97 bits per heavy atom. The van der Waals surface area contributed by atoms with Crippen LogP contribution in [0.4, 0.5) is 14.6 Å². The maximum Gasteiger partial charge on any atom is 0.308 e. The van der Waals surface area contributed by atoms with Crippen LogP contribution in [0, 0.1) is 17.6 Å². The number of aryl methyl sites for hydroxylation is 1. The number of amides is 1. The summed E-state index contributed by atoms with van der Waals surface area (Å²) in [7, 11) is 1.69. The lowest BCUT2D eigenvalue weighted by Gasteiger charge is -2.19. The molecule has 0 saturated heterocycles. The second-order valence-electron chi connectivity index (χ2n) is 7.81. The molecule has 0 aliphatic heterocycles. The molecule has 1 amide bonds. The normalized spacial score (nSPS) is 12.8. The molecule has 10 heteroatoms. The Bertz CT molecular complexity index is 1160. The molecule has 174 valence electrons. The Morgan fingerprint density at radius 1 is 1.21 bits per heavy atom. The van der Waals surface area contributed by atoms with Crippen LogP contribution in [0.1, 0.15) is 29.8 Å². The zero-order valence-electron chi connectivity index (χ0n) is 18.5. The van der Waals surface area contributed by atoms with Gasteiger partial charge in [-0.25, -0.2) is 13.8 Å². The fourth-order valence-corrected chi connectivity index (χ4v) is 3.18. The monoisotopic (exact) mass is 457 g/mol. The van der Waals surface area contributed by atoms with Gasteiger partial charge in [0.2, 0.25) is 0 Å². The molecule has 3 N–H and O–H groups in total. The number of nitrogens with zero attached hydrogens (tertiary/aromatic N) is 3. The first-order valence-electron chi connectivity index (χ1n) is 10.4. The molecule has 3 rings (SSSR count). The summed E-state index contributed by atoms with van der Waals surface area (Å²) >= 11 is 0. The SMILES string of the molecule is CC(NC(=O)c1cc(F)c(-c2cnn(C)c2)nc1NCCc1cccc(F)c1)[C@H](C)C(=O)O. The van der Waals surface area contributed by atoms with Gasteiger partial charge < -0.3 is 15.7 Å². The zero-order chi connectivity index (χ0) is 24.1. The highest BCUT2D eigenvalue weighted by atomic mass is 19.1. The van der Waals surface area contributed by atoms with E-state index in [-0.39, 0.29) is 22.9 Å². The lowest BCUT2D eigenvalue weighted by Crippen LogP contribution is -2.40. The summed E-state index contributed by atoms with van der Waals surface area (Å²) in [5.41, 5.74) is 1.12. The lowest BCUT2D eigenvalue weighted by atomic mass is 10.0. The van der Waals surface area contributed by atoms with Crippen LogP contribution in [0.25, 0.3) is 11.3 Å². The Hall–Kier alpha value is -3.82. The third-order valence-electron chi connectivity index (χ3n) is 5.29. The Labute approximate surface area is 189 Å². The van der Waals surface area contributed by atoms with Crippen LogP contribution in [-0.2, 0) is 18.3 Å². The van der Waals surface area contributed by atoms with Crippen molar-refractivity contribution in [3.8, 4) is 11.3 Å². The van der Waals surface area contributed by atoms with Crippen LogP contribution >= 0.6 is 0 Å². The summed E-state index contributed by atoms with van der Waals surface area (Å²) in [4.78, 5) is 28.4. The van der Waals surface area contributed by atoms with Crippen LogP contribution < -0.4 is 10.6 Å². The average Bonchev–Trinajstić information content (AvgIpc) is 3.19. The van der Waals surface area contributed by atoms with E-state index >= 15 is 0 Å². The number of aromatic nitrogens is 3. The Balaban J connectivity index is 1.88. The fourth-order valence-electron chi connectivity index (χ4n) is 3.18. The molecule has 0 fully saturated rings. The maximum absolute atomic E-state index is 14.9. The molecule has 0 aliphatic carbocycles. The van der Waals surface area contributed by atoms with Crippen LogP contribution in [0.5, 0.6) is 0 Å². The van der Waals surface area contributed by atoms with Gasteiger partial charge >= 0.3 is 5.97 Å². The third kappa shape index (κ3) is 5.91. The highest BCUT2D eigenvalue weighted by Gasteiger charge is 2.24. The number of carboxylic acid groups (broad SMARTS) is 1. The minimum atomic E-state index is -1.06. The number of aliphatic carboxylic acids is 1. The predicted octanol–water partition coefficient (Wildman–Crippen LogP) is 3.25. The zero-order valence-corrected chi connectivity index (χ0v) is 18.5. The second-order valence-corrected chi connectivity index (χ2v) is 7.81. The lowest BCUT2D eigenvalue weighted by molar-refractivity contribution is -0.141. The fraction of sp³-hybridized carbons (Fsp3) is 0.304. The molecule has 2 aromatic heterocycles. The first-order chi connectivity index (χ1) is 15.7. The smallest absolute Gasteiger partial charge is 0.308 e. The van der Waals surface area contributed by atoms with E-state index in [2.05, 4.69) is 20.7 Å². The molecule has 2 atom stereocenters. The van der Waals surface area contributed by atoms with E-state index in [4.69, 9.17) is 0 Å². The van der Waals surface area contributed by atoms with Crippen molar-refractivity contribution in [1.29, 1.82) is 0 Å².